The second kappa shape index (κ2) is 10.6. The fourth-order valence-electron chi connectivity index (χ4n) is 2.44. The molecular weight excluding hydrogens is 246 g/mol. The zero-order valence-electron chi connectivity index (χ0n) is 13.2. The molecule has 2 heteroatoms. The minimum atomic E-state index is 0.698. The van der Waals surface area contributed by atoms with E-state index in [4.69, 9.17) is 10.5 Å². The summed E-state index contributed by atoms with van der Waals surface area (Å²) in [5.41, 5.74) is 6.48. The maximum absolute atomic E-state index is 5.92. The number of ether oxygens (including phenoxy) is 1. The highest BCUT2D eigenvalue weighted by Gasteiger charge is 2.09. The highest BCUT2D eigenvalue weighted by Crippen LogP contribution is 2.20. The number of nitrogen functional groups attached to an aromatic ring is 1. The van der Waals surface area contributed by atoms with Gasteiger partial charge in [0.25, 0.3) is 0 Å². The predicted octanol–water partition coefficient (Wildman–Crippen LogP) is 5.42. The minimum absolute atomic E-state index is 0.698. The third-order valence-electron chi connectivity index (χ3n) is 3.80. The first kappa shape index (κ1) is 16.9. The maximum Gasteiger partial charge on any atom is 0.119 e. The average molecular weight is 277 g/mol. The molecule has 0 fully saturated rings. The van der Waals surface area contributed by atoms with E-state index in [1.807, 2.05) is 24.3 Å². The van der Waals surface area contributed by atoms with E-state index in [1.54, 1.807) is 0 Å². The van der Waals surface area contributed by atoms with Crippen molar-refractivity contribution < 1.29 is 4.74 Å². The predicted molar refractivity (Wildman–Crippen MR) is 88.1 cm³/mol. The van der Waals surface area contributed by atoms with Crippen LogP contribution in [-0.4, -0.2) is 6.61 Å². The van der Waals surface area contributed by atoms with Crippen LogP contribution in [0, 0.1) is 5.92 Å². The first-order chi connectivity index (χ1) is 9.76. The highest BCUT2D eigenvalue weighted by molar-refractivity contribution is 5.41. The molecule has 0 amide bonds. The number of rotatable bonds is 11. The molecule has 0 heterocycles. The number of anilines is 1. The van der Waals surface area contributed by atoms with Gasteiger partial charge in [0.15, 0.2) is 0 Å². The van der Waals surface area contributed by atoms with Gasteiger partial charge in [-0.1, -0.05) is 52.4 Å². The molecule has 0 aliphatic rings. The van der Waals surface area contributed by atoms with Crippen molar-refractivity contribution in [3.8, 4) is 5.75 Å². The van der Waals surface area contributed by atoms with Gasteiger partial charge in [0.1, 0.15) is 5.75 Å². The Morgan fingerprint density at radius 2 is 1.55 bits per heavy atom. The molecule has 0 bridgehead atoms. The quantitative estimate of drug-likeness (QED) is 0.432. The molecule has 1 aromatic carbocycles. The summed E-state index contributed by atoms with van der Waals surface area (Å²) in [6.07, 6.45) is 10.5. The Hall–Kier alpha value is -1.18. The number of hydrogen-bond donors (Lipinski definition) is 1. The monoisotopic (exact) mass is 277 g/mol. The molecule has 1 atom stereocenters. The van der Waals surface area contributed by atoms with Crippen molar-refractivity contribution in [2.24, 2.45) is 5.92 Å². The number of hydrogen-bond acceptors (Lipinski definition) is 2. The van der Waals surface area contributed by atoms with Gasteiger partial charge in [-0.2, -0.15) is 0 Å². The summed E-state index contributed by atoms with van der Waals surface area (Å²) in [5, 5.41) is 0. The smallest absolute Gasteiger partial charge is 0.119 e. The Balaban J connectivity index is 2.32. The summed E-state index contributed by atoms with van der Waals surface area (Å²) in [5.74, 6) is 1.64. The van der Waals surface area contributed by atoms with E-state index in [-0.39, 0.29) is 0 Å². The van der Waals surface area contributed by atoms with Crippen molar-refractivity contribution in [1.82, 2.24) is 0 Å². The first-order valence-corrected chi connectivity index (χ1v) is 8.24. The van der Waals surface area contributed by atoms with Crippen LogP contribution in [0.5, 0.6) is 5.75 Å². The SMILES string of the molecule is CCCCCC[C@H](CCCC)COc1ccc(N)cc1. The van der Waals surface area contributed by atoms with Gasteiger partial charge in [-0.05, 0) is 43.0 Å². The molecule has 0 radical (unpaired) electrons. The van der Waals surface area contributed by atoms with E-state index in [0.29, 0.717) is 5.92 Å². The molecule has 2 N–H and O–H groups in total. The lowest BCUT2D eigenvalue weighted by Crippen LogP contribution is -2.12. The zero-order valence-corrected chi connectivity index (χ0v) is 13.2. The van der Waals surface area contributed by atoms with E-state index in [1.165, 1.54) is 51.4 Å². The van der Waals surface area contributed by atoms with E-state index in [2.05, 4.69) is 13.8 Å². The molecule has 0 aromatic heterocycles. The normalized spacial score (nSPS) is 12.3. The molecule has 0 aliphatic carbocycles. The van der Waals surface area contributed by atoms with Crippen LogP contribution in [0.25, 0.3) is 0 Å². The van der Waals surface area contributed by atoms with Crippen molar-refractivity contribution in [3.63, 3.8) is 0 Å². The molecule has 0 unspecified atom stereocenters. The maximum atomic E-state index is 5.92. The Bertz CT molecular complexity index is 334. The molecule has 20 heavy (non-hydrogen) atoms. The van der Waals surface area contributed by atoms with Crippen LogP contribution < -0.4 is 10.5 Å². The average Bonchev–Trinajstić information content (AvgIpc) is 2.47. The summed E-state index contributed by atoms with van der Waals surface area (Å²) in [6.45, 7) is 5.36. The molecule has 0 saturated heterocycles. The Labute approximate surface area is 124 Å². The number of nitrogens with two attached hydrogens (primary N) is 1. The van der Waals surface area contributed by atoms with Crippen molar-refractivity contribution in [3.05, 3.63) is 24.3 Å². The summed E-state index contributed by atoms with van der Waals surface area (Å²) >= 11 is 0. The second-order valence-electron chi connectivity index (χ2n) is 5.74. The number of unbranched alkanes of at least 4 members (excludes halogenated alkanes) is 4. The van der Waals surface area contributed by atoms with E-state index in [9.17, 15) is 0 Å². The molecule has 1 aromatic rings. The van der Waals surface area contributed by atoms with Crippen molar-refractivity contribution in [2.45, 2.75) is 65.2 Å². The Morgan fingerprint density at radius 1 is 0.900 bits per heavy atom. The van der Waals surface area contributed by atoms with Crippen molar-refractivity contribution >= 4 is 5.69 Å². The van der Waals surface area contributed by atoms with E-state index in [0.717, 1.165) is 18.0 Å². The first-order valence-electron chi connectivity index (χ1n) is 8.24. The summed E-state index contributed by atoms with van der Waals surface area (Å²) < 4.78 is 5.92. The minimum Gasteiger partial charge on any atom is -0.493 e. The molecular formula is C18H31NO. The lowest BCUT2D eigenvalue weighted by atomic mass is 9.96. The molecule has 0 saturated carbocycles. The summed E-state index contributed by atoms with van der Waals surface area (Å²) in [4.78, 5) is 0. The lowest BCUT2D eigenvalue weighted by molar-refractivity contribution is 0.225. The highest BCUT2D eigenvalue weighted by atomic mass is 16.5. The van der Waals surface area contributed by atoms with Gasteiger partial charge in [0.05, 0.1) is 6.61 Å². The van der Waals surface area contributed by atoms with Gasteiger partial charge >= 0.3 is 0 Å². The lowest BCUT2D eigenvalue weighted by Gasteiger charge is -2.17. The van der Waals surface area contributed by atoms with Gasteiger partial charge in [0.2, 0.25) is 0 Å². The van der Waals surface area contributed by atoms with Crippen LogP contribution in [-0.2, 0) is 0 Å². The fourth-order valence-corrected chi connectivity index (χ4v) is 2.44. The van der Waals surface area contributed by atoms with Gasteiger partial charge in [-0.3, -0.25) is 0 Å². The van der Waals surface area contributed by atoms with Gasteiger partial charge < -0.3 is 10.5 Å². The second-order valence-corrected chi connectivity index (χ2v) is 5.74. The van der Waals surface area contributed by atoms with Crippen LogP contribution in [0.15, 0.2) is 24.3 Å². The molecule has 2 nitrogen and oxygen atoms in total. The molecule has 0 aliphatic heterocycles. The number of benzene rings is 1. The zero-order chi connectivity index (χ0) is 14.6. The standard InChI is InChI=1S/C18H31NO/c1-3-5-7-8-10-16(9-6-4-2)15-20-18-13-11-17(19)12-14-18/h11-14,16H,3-10,15,19H2,1-2H3/t16-/m0/s1. The summed E-state index contributed by atoms with van der Waals surface area (Å²) in [6, 6.07) is 7.72. The third-order valence-corrected chi connectivity index (χ3v) is 3.80. The molecule has 0 spiro atoms. The van der Waals surface area contributed by atoms with Crippen LogP contribution in [0.2, 0.25) is 0 Å². The van der Waals surface area contributed by atoms with Crippen LogP contribution in [0.1, 0.15) is 65.2 Å². The van der Waals surface area contributed by atoms with Gasteiger partial charge in [0, 0.05) is 5.69 Å². The van der Waals surface area contributed by atoms with Crippen LogP contribution >= 0.6 is 0 Å². The van der Waals surface area contributed by atoms with Gasteiger partial charge in [-0.15, -0.1) is 0 Å². The summed E-state index contributed by atoms with van der Waals surface area (Å²) in [7, 11) is 0. The Kier molecular flexibility index (Phi) is 8.93. The molecule has 114 valence electrons. The van der Waals surface area contributed by atoms with E-state index < -0.39 is 0 Å². The largest absolute Gasteiger partial charge is 0.493 e. The van der Waals surface area contributed by atoms with Crippen LogP contribution in [0.3, 0.4) is 0 Å². The van der Waals surface area contributed by atoms with Crippen molar-refractivity contribution in [1.29, 1.82) is 0 Å². The van der Waals surface area contributed by atoms with Gasteiger partial charge in [-0.25, -0.2) is 0 Å². The van der Waals surface area contributed by atoms with Crippen LogP contribution in [0.4, 0.5) is 5.69 Å². The fraction of sp³-hybridized carbons (Fsp3) is 0.667. The van der Waals surface area contributed by atoms with E-state index >= 15 is 0 Å². The molecule has 1 rings (SSSR count). The third kappa shape index (κ3) is 7.42. The Morgan fingerprint density at radius 3 is 2.20 bits per heavy atom. The topological polar surface area (TPSA) is 35.2 Å². The van der Waals surface area contributed by atoms with Crippen molar-refractivity contribution in [2.75, 3.05) is 12.3 Å².